The number of pyridine rings is 1. The van der Waals surface area contributed by atoms with Crippen LogP contribution in [0.2, 0.25) is 0 Å². The first-order chi connectivity index (χ1) is 13.2. The molecule has 0 atom stereocenters. The van der Waals surface area contributed by atoms with Crippen LogP contribution in [-0.2, 0) is 7.05 Å². The zero-order valence-corrected chi connectivity index (χ0v) is 16.9. The number of hydrogen-bond donors (Lipinski definition) is 0. The quantitative estimate of drug-likeness (QED) is 0.242. The molecule has 0 amide bonds. The summed E-state index contributed by atoms with van der Waals surface area (Å²) in [6, 6.07) is 6.08. The van der Waals surface area contributed by atoms with E-state index in [0.717, 1.165) is 22.1 Å². The van der Waals surface area contributed by atoms with Crippen molar-refractivity contribution in [1.82, 2.24) is 24.5 Å². The van der Waals surface area contributed by atoms with Crippen molar-refractivity contribution in [3.63, 3.8) is 0 Å². The largest absolute Gasteiger partial charge is 0.332 e. The summed E-state index contributed by atoms with van der Waals surface area (Å²) >= 11 is 3.45. The third kappa shape index (κ3) is 4.67. The highest BCUT2D eigenvalue weighted by Gasteiger charge is 2.19. The predicted molar refractivity (Wildman–Crippen MR) is 110 cm³/mol. The van der Waals surface area contributed by atoms with Crippen molar-refractivity contribution in [2.24, 2.45) is 7.05 Å². The van der Waals surface area contributed by atoms with Gasteiger partial charge in [-0.25, -0.2) is 15.0 Å². The van der Waals surface area contributed by atoms with Crippen molar-refractivity contribution in [1.29, 1.82) is 5.26 Å². The van der Waals surface area contributed by atoms with Gasteiger partial charge in [0.15, 0.2) is 5.82 Å². The number of imidazole rings is 1. The van der Waals surface area contributed by atoms with E-state index in [1.807, 2.05) is 35.5 Å². The van der Waals surface area contributed by atoms with Crippen molar-refractivity contribution in [2.75, 3.05) is 10.8 Å². The molecule has 0 aliphatic heterocycles. The summed E-state index contributed by atoms with van der Waals surface area (Å²) in [4.78, 5) is 17.7. The predicted octanol–water partition coefficient (Wildman–Crippen LogP) is 4.39. The van der Waals surface area contributed by atoms with Gasteiger partial charge in [0.1, 0.15) is 22.4 Å². The van der Waals surface area contributed by atoms with Gasteiger partial charge in [0.2, 0.25) is 0 Å². The number of hydrogen-bond acceptors (Lipinski definition) is 7. The minimum Gasteiger partial charge on any atom is -0.332 e. The van der Waals surface area contributed by atoms with Crippen LogP contribution in [0.5, 0.6) is 0 Å². The van der Waals surface area contributed by atoms with Gasteiger partial charge in [-0.15, -0.1) is 0 Å². The summed E-state index contributed by atoms with van der Waals surface area (Å²) in [6.45, 7) is 2.19. The average Bonchev–Trinajstić information content (AvgIpc) is 3.13. The Morgan fingerprint density at radius 1 is 1.22 bits per heavy atom. The van der Waals surface area contributed by atoms with Gasteiger partial charge < -0.3 is 4.57 Å². The van der Waals surface area contributed by atoms with E-state index in [2.05, 4.69) is 32.9 Å². The Morgan fingerprint density at radius 2 is 2.11 bits per heavy atom. The fourth-order valence-electron chi connectivity index (χ4n) is 2.44. The van der Waals surface area contributed by atoms with E-state index in [1.165, 1.54) is 12.8 Å². The molecule has 0 saturated heterocycles. The molecule has 6 nitrogen and oxygen atoms in total. The van der Waals surface area contributed by atoms with Crippen LogP contribution < -0.4 is 0 Å². The van der Waals surface area contributed by atoms with Crippen LogP contribution in [-0.4, -0.2) is 35.3 Å². The molecule has 0 unspecified atom stereocenters. The van der Waals surface area contributed by atoms with E-state index in [9.17, 15) is 5.26 Å². The molecule has 3 heterocycles. The Balaban J connectivity index is 2.02. The minimum absolute atomic E-state index is 0.493. The van der Waals surface area contributed by atoms with Crippen molar-refractivity contribution in [3.8, 4) is 28.8 Å². The summed E-state index contributed by atoms with van der Waals surface area (Å²) in [7, 11) is 1.89. The molecule has 0 radical (unpaired) electrons. The van der Waals surface area contributed by atoms with E-state index < -0.39 is 0 Å². The lowest BCUT2D eigenvalue weighted by molar-refractivity contribution is 0.897. The van der Waals surface area contributed by atoms with Gasteiger partial charge in [0, 0.05) is 30.1 Å². The van der Waals surface area contributed by atoms with E-state index >= 15 is 0 Å². The zero-order chi connectivity index (χ0) is 19.1. The van der Waals surface area contributed by atoms with Crippen LogP contribution >= 0.6 is 23.5 Å². The summed E-state index contributed by atoms with van der Waals surface area (Å²) in [5.74, 6) is 1.68. The Hall–Kier alpha value is -2.37. The van der Waals surface area contributed by atoms with Crippen LogP contribution in [0.4, 0.5) is 0 Å². The molecule has 27 heavy (non-hydrogen) atoms. The highest BCUT2D eigenvalue weighted by molar-refractivity contribution is 8.15. The van der Waals surface area contributed by atoms with E-state index in [4.69, 9.17) is 0 Å². The first-order valence-corrected chi connectivity index (χ1v) is 10.8. The van der Waals surface area contributed by atoms with Gasteiger partial charge in [0.05, 0.1) is 18.2 Å². The number of unbranched alkanes of at least 4 members (excludes halogenated alkanes) is 1. The maximum atomic E-state index is 9.80. The van der Waals surface area contributed by atoms with Crippen molar-refractivity contribution < 1.29 is 0 Å². The highest BCUT2D eigenvalue weighted by Crippen LogP contribution is 2.32. The van der Waals surface area contributed by atoms with Crippen molar-refractivity contribution >= 4 is 23.5 Å². The van der Waals surface area contributed by atoms with E-state index in [-0.39, 0.29) is 0 Å². The van der Waals surface area contributed by atoms with Gasteiger partial charge in [0.25, 0.3) is 0 Å². The summed E-state index contributed by atoms with van der Waals surface area (Å²) in [6.07, 6.45) is 9.26. The standard InChI is InChI=1S/C19H20N6S2/c1-3-4-8-26-13-27-19-15(9-20)17(16-11-22-12-25(16)2)23-18(24-19)14-6-5-7-21-10-14/h5-7,10-12H,3-4,8,13H2,1-2H3. The molecule has 138 valence electrons. The molecular weight excluding hydrogens is 376 g/mol. The smallest absolute Gasteiger partial charge is 0.162 e. The summed E-state index contributed by atoms with van der Waals surface area (Å²) in [5, 5.41) is 11.3. The SMILES string of the molecule is CCCCSCSc1nc(-c2cccnc2)nc(-c2cncn2C)c1C#N. The van der Waals surface area contributed by atoms with E-state index in [1.54, 1.807) is 36.7 Å². The molecule has 3 aromatic heterocycles. The molecule has 0 aliphatic rings. The molecule has 0 spiro atoms. The normalized spacial score (nSPS) is 10.7. The lowest BCUT2D eigenvalue weighted by atomic mass is 10.2. The third-order valence-corrected chi connectivity index (χ3v) is 6.17. The van der Waals surface area contributed by atoms with Crippen LogP contribution in [0.25, 0.3) is 22.8 Å². The topological polar surface area (TPSA) is 80.3 Å². The maximum Gasteiger partial charge on any atom is 0.162 e. The molecule has 3 rings (SSSR count). The second kappa shape index (κ2) is 9.53. The first-order valence-electron chi connectivity index (χ1n) is 8.64. The summed E-state index contributed by atoms with van der Waals surface area (Å²) in [5.41, 5.74) is 2.71. The summed E-state index contributed by atoms with van der Waals surface area (Å²) < 4.78 is 1.86. The maximum absolute atomic E-state index is 9.80. The second-order valence-electron chi connectivity index (χ2n) is 5.84. The van der Waals surface area contributed by atoms with Gasteiger partial charge in [-0.1, -0.05) is 25.1 Å². The molecule has 0 bridgehead atoms. The van der Waals surface area contributed by atoms with Gasteiger partial charge in [-0.05, 0) is 24.3 Å². The third-order valence-electron chi connectivity index (χ3n) is 3.89. The monoisotopic (exact) mass is 396 g/mol. The van der Waals surface area contributed by atoms with Crippen LogP contribution in [0.1, 0.15) is 25.3 Å². The number of nitrogens with zero attached hydrogens (tertiary/aromatic N) is 6. The highest BCUT2D eigenvalue weighted by atomic mass is 32.2. The Kier molecular flexibility index (Phi) is 6.85. The Labute approximate surface area is 167 Å². The number of thioether (sulfide) groups is 2. The van der Waals surface area contributed by atoms with Crippen LogP contribution in [0.3, 0.4) is 0 Å². The molecule has 0 saturated carbocycles. The number of aromatic nitrogens is 5. The number of nitriles is 1. The fraction of sp³-hybridized carbons (Fsp3) is 0.316. The lowest BCUT2D eigenvalue weighted by Gasteiger charge is -2.11. The molecule has 0 aromatic carbocycles. The molecule has 0 fully saturated rings. The number of rotatable bonds is 8. The van der Waals surface area contributed by atoms with Gasteiger partial charge in [-0.2, -0.15) is 17.0 Å². The lowest BCUT2D eigenvalue weighted by Crippen LogP contribution is -2.02. The minimum atomic E-state index is 0.493. The van der Waals surface area contributed by atoms with Gasteiger partial charge >= 0.3 is 0 Å². The molecule has 0 aliphatic carbocycles. The average molecular weight is 397 g/mol. The number of aryl methyl sites for hydroxylation is 1. The first kappa shape index (κ1) is 19.4. The Morgan fingerprint density at radius 3 is 2.78 bits per heavy atom. The van der Waals surface area contributed by atoms with Crippen molar-refractivity contribution in [2.45, 2.75) is 24.8 Å². The van der Waals surface area contributed by atoms with E-state index in [0.29, 0.717) is 22.1 Å². The molecular formula is C19H20N6S2. The Bertz CT molecular complexity index is 933. The van der Waals surface area contributed by atoms with Gasteiger partial charge in [-0.3, -0.25) is 4.98 Å². The molecule has 0 N–H and O–H groups in total. The van der Waals surface area contributed by atoms with Crippen LogP contribution in [0, 0.1) is 11.3 Å². The second-order valence-corrected chi connectivity index (χ2v) is 8.28. The van der Waals surface area contributed by atoms with Crippen LogP contribution in [0.15, 0.2) is 42.1 Å². The fourth-order valence-corrected chi connectivity index (χ4v) is 4.62. The van der Waals surface area contributed by atoms with Crippen molar-refractivity contribution in [3.05, 3.63) is 42.6 Å². The molecule has 3 aromatic rings. The molecule has 8 heteroatoms. The zero-order valence-electron chi connectivity index (χ0n) is 15.3.